The monoisotopic (exact) mass is 342 g/mol. The summed E-state index contributed by atoms with van der Waals surface area (Å²) < 4.78 is 9.76. The van der Waals surface area contributed by atoms with E-state index in [1.54, 1.807) is 38.3 Å². The molecule has 2 aromatic carbocycles. The van der Waals surface area contributed by atoms with Crippen LogP contribution >= 0.6 is 0 Å². The molecule has 132 valence electrons. The molecule has 0 bridgehead atoms. The van der Waals surface area contributed by atoms with Crippen molar-refractivity contribution >= 4 is 17.6 Å². The third-order valence-electron chi connectivity index (χ3n) is 3.71. The number of hydrogen-bond donors (Lipinski definition) is 2. The summed E-state index contributed by atoms with van der Waals surface area (Å²) in [5.41, 5.74) is 2.20. The first kappa shape index (κ1) is 18.3. The van der Waals surface area contributed by atoms with Gasteiger partial charge in [-0.25, -0.2) is 4.79 Å². The van der Waals surface area contributed by atoms with E-state index in [1.165, 1.54) is 7.11 Å². The molecule has 0 aliphatic heterocycles. The molecular weight excluding hydrogens is 320 g/mol. The summed E-state index contributed by atoms with van der Waals surface area (Å²) in [6.07, 6.45) is 0. The molecule has 1 amide bonds. The Bertz CT molecular complexity index is 711. The van der Waals surface area contributed by atoms with Gasteiger partial charge in [0.15, 0.2) is 0 Å². The quantitative estimate of drug-likeness (QED) is 0.757. The van der Waals surface area contributed by atoms with Gasteiger partial charge in [-0.2, -0.15) is 0 Å². The molecule has 6 nitrogen and oxygen atoms in total. The number of benzene rings is 2. The molecule has 2 N–H and O–H groups in total. The maximum absolute atomic E-state index is 12.2. The largest absolute Gasteiger partial charge is 0.497 e. The Morgan fingerprint density at radius 3 is 2.20 bits per heavy atom. The highest BCUT2D eigenvalue weighted by Crippen LogP contribution is 2.13. The van der Waals surface area contributed by atoms with Crippen molar-refractivity contribution in [3.05, 3.63) is 59.7 Å². The summed E-state index contributed by atoms with van der Waals surface area (Å²) >= 11 is 0. The van der Waals surface area contributed by atoms with E-state index in [1.807, 2.05) is 24.3 Å². The second kappa shape index (κ2) is 8.73. The lowest BCUT2D eigenvalue weighted by Crippen LogP contribution is -2.37. The second-order valence-corrected chi connectivity index (χ2v) is 5.50. The van der Waals surface area contributed by atoms with Crippen LogP contribution in [0.5, 0.6) is 5.75 Å². The Balaban J connectivity index is 1.85. The Hall–Kier alpha value is -3.02. The molecule has 2 aromatic rings. The zero-order valence-corrected chi connectivity index (χ0v) is 14.5. The number of hydrogen-bond acceptors (Lipinski definition) is 5. The van der Waals surface area contributed by atoms with Gasteiger partial charge in [0.2, 0.25) is 5.91 Å². The van der Waals surface area contributed by atoms with Gasteiger partial charge in [-0.1, -0.05) is 12.1 Å². The van der Waals surface area contributed by atoms with Crippen LogP contribution in [0.3, 0.4) is 0 Å². The van der Waals surface area contributed by atoms with Crippen molar-refractivity contribution in [3.8, 4) is 5.75 Å². The fourth-order valence-corrected chi connectivity index (χ4v) is 2.22. The molecule has 2 rings (SSSR count). The highest BCUT2D eigenvalue weighted by atomic mass is 16.5. The summed E-state index contributed by atoms with van der Waals surface area (Å²) in [6.45, 7) is 2.22. The molecule has 0 unspecified atom stereocenters. The Morgan fingerprint density at radius 2 is 1.64 bits per heavy atom. The number of rotatable bonds is 7. The van der Waals surface area contributed by atoms with E-state index >= 15 is 0 Å². The summed E-state index contributed by atoms with van der Waals surface area (Å²) in [5, 5.41) is 5.97. The summed E-state index contributed by atoms with van der Waals surface area (Å²) in [7, 11) is 2.95. The molecule has 0 aliphatic rings. The third-order valence-corrected chi connectivity index (χ3v) is 3.71. The third kappa shape index (κ3) is 5.24. The van der Waals surface area contributed by atoms with Crippen molar-refractivity contribution in [1.82, 2.24) is 5.32 Å². The van der Waals surface area contributed by atoms with E-state index in [-0.39, 0.29) is 5.91 Å². The van der Waals surface area contributed by atoms with Gasteiger partial charge in [-0.15, -0.1) is 0 Å². The fraction of sp³-hybridized carbons (Fsp3) is 0.263. The molecule has 25 heavy (non-hydrogen) atoms. The van der Waals surface area contributed by atoms with Gasteiger partial charge >= 0.3 is 5.97 Å². The lowest BCUT2D eigenvalue weighted by Gasteiger charge is -2.15. The van der Waals surface area contributed by atoms with Gasteiger partial charge in [0.1, 0.15) is 11.8 Å². The van der Waals surface area contributed by atoms with E-state index in [0.717, 1.165) is 17.0 Å². The number of anilines is 1. The minimum Gasteiger partial charge on any atom is -0.497 e. The average Bonchev–Trinajstić information content (AvgIpc) is 2.66. The highest BCUT2D eigenvalue weighted by molar-refractivity contribution is 5.90. The van der Waals surface area contributed by atoms with Gasteiger partial charge in [-0.3, -0.25) is 4.79 Å². The Labute approximate surface area is 147 Å². The summed E-state index contributed by atoms with van der Waals surface area (Å²) in [5.74, 6) is 0.269. The van der Waals surface area contributed by atoms with Gasteiger partial charge in [0, 0.05) is 12.2 Å². The number of esters is 1. The van der Waals surface area contributed by atoms with E-state index in [2.05, 4.69) is 15.4 Å². The number of carbonyl (C=O) groups is 2. The molecule has 0 saturated heterocycles. The zero-order valence-electron chi connectivity index (χ0n) is 14.5. The lowest BCUT2D eigenvalue weighted by atomic mass is 10.2. The lowest BCUT2D eigenvalue weighted by molar-refractivity contribution is -0.121. The Kier molecular flexibility index (Phi) is 6.39. The van der Waals surface area contributed by atoms with E-state index < -0.39 is 12.0 Å². The predicted molar refractivity (Wildman–Crippen MR) is 95.7 cm³/mol. The fourth-order valence-electron chi connectivity index (χ4n) is 2.22. The van der Waals surface area contributed by atoms with Gasteiger partial charge < -0.3 is 20.1 Å². The minimum absolute atomic E-state index is 0.118. The van der Waals surface area contributed by atoms with Crippen molar-refractivity contribution < 1.29 is 19.1 Å². The smallest absolute Gasteiger partial charge is 0.337 e. The zero-order chi connectivity index (χ0) is 18.2. The van der Waals surface area contributed by atoms with Gasteiger partial charge in [0.05, 0.1) is 19.8 Å². The van der Waals surface area contributed by atoms with Crippen molar-refractivity contribution in [2.45, 2.75) is 19.5 Å². The van der Waals surface area contributed by atoms with Crippen LogP contribution in [-0.4, -0.2) is 32.1 Å². The first-order chi connectivity index (χ1) is 12.0. The number of amides is 1. The highest BCUT2D eigenvalue weighted by Gasteiger charge is 2.13. The predicted octanol–water partition coefficient (Wildman–Crippen LogP) is 2.60. The standard InChI is InChI=1S/C19H22N2O4/c1-13(21-16-8-6-15(7-9-16)19(23)25-3)18(22)20-12-14-4-10-17(24-2)11-5-14/h4-11,13,21H,12H2,1-3H3,(H,20,22)/t13-/m1/s1. The van der Waals surface area contributed by atoms with Crippen molar-refractivity contribution in [3.63, 3.8) is 0 Å². The van der Waals surface area contributed by atoms with E-state index in [0.29, 0.717) is 12.1 Å². The van der Waals surface area contributed by atoms with Crippen LogP contribution in [0.4, 0.5) is 5.69 Å². The van der Waals surface area contributed by atoms with Crippen LogP contribution in [0.25, 0.3) is 0 Å². The number of ether oxygens (including phenoxy) is 2. The number of nitrogens with one attached hydrogen (secondary N) is 2. The van der Waals surface area contributed by atoms with Crippen LogP contribution < -0.4 is 15.4 Å². The van der Waals surface area contributed by atoms with Crippen LogP contribution in [0.1, 0.15) is 22.8 Å². The Morgan fingerprint density at radius 1 is 1.00 bits per heavy atom. The molecular formula is C19H22N2O4. The number of methoxy groups -OCH3 is 2. The SMILES string of the molecule is COC(=O)c1ccc(N[C@H](C)C(=O)NCc2ccc(OC)cc2)cc1. The molecule has 0 fully saturated rings. The van der Waals surface area contributed by atoms with Crippen LogP contribution in [-0.2, 0) is 16.1 Å². The molecule has 0 aliphatic carbocycles. The molecule has 0 aromatic heterocycles. The molecule has 6 heteroatoms. The molecule has 1 atom stereocenters. The average molecular weight is 342 g/mol. The van der Waals surface area contributed by atoms with Crippen LogP contribution in [0.15, 0.2) is 48.5 Å². The van der Waals surface area contributed by atoms with E-state index in [9.17, 15) is 9.59 Å². The molecule has 0 saturated carbocycles. The minimum atomic E-state index is -0.415. The van der Waals surface area contributed by atoms with Crippen molar-refractivity contribution in [1.29, 1.82) is 0 Å². The normalized spacial score (nSPS) is 11.3. The first-order valence-corrected chi connectivity index (χ1v) is 7.89. The topological polar surface area (TPSA) is 76.7 Å². The summed E-state index contributed by atoms with van der Waals surface area (Å²) in [6, 6.07) is 13.9. The first-order valence-electron chi connectivity index (χ1n) is 7.89. The van der Waals surface area contributed by atoms with Gasteiger partial charge in [-0.05, 0) is 48.9 Å². The van der Waals surface area contributed by atoms with E-state index in [4.69, 9.17) is 4.74 Å². The van der Waals surface area contributed by atoms with Gasteiger partial charge in [0.25, 0.3) is 0 Å². The van der Waals surface area contributed by atoms with Crippen molar-refractivity contribution in [2.24, 2.45) is 0 Å². The molecule has 0 radical (unpaired) electrons. The summed E-state index contributed by atoms with van der Waals surface area (Å²) in [4.78, 5) is 23.6. The van der Waals surface area contributed by atoms with Crippen molar-refractivity contribution in [2.75, 3.05) is 19.5 Å². The maximum atomic E-state index is 12.2. The number of carbonyl (C=O) groups excluding carboxylic acids is 2. The molecule has 0 spiro atoms. The maximum Gasteiger partial charge on any atom is 0.337 e. The van der Waals surface area contributed by atoms with Crippen LogP contribution in [0.2, 0.25) is 0 Å². The second-order valence-electron chi connectivity index (χ2n) is 5.50. The molecule has 0 heterocycles. The van der Waals surface area contributed by atoms with Crippen LogP contribution in [0, 0.1) is 0 Å².